The van der Waals surface area contributed by atoms with Gasteiger partial charge in [0.1, 0.15) is 12.1 Å². The van der Waals surface area contributed by atoms with Crippen LogP contribution in [0.1, 0.15) is 24.8 Å². The lowest BCUT2D eigenvalue weighted by Crippen LogP contribution is -2.30. The summed E-state index contributed by atoms with van der Waals surface area (Å²) < 4.78 is 29.5. The molecule has 4 rings (SSSR count). The van der Waals surface area contributed by atoms with Crippen molar-refractivity contribution >= 4 is 15.8 Å². The van der Waals surface area contributed by atoms with Crippen molar-refractivity contribution < 1.29 is 8.42 Å². The highest BCUT2D eigenvalue weighted by Crippen LogP contribution is 2.19. The Labute approximate surface area is 163 Å². The molecule has 9 nitrogen and oxygen atoms in total. The minimum Gasteiger partial charge on any atom is -0.357 e. The van der Waals surface area contributed by atoms with Crippen molar-refractivity contribution in [3.05, 3.63) is 54.5 Å². The molecule has 3 heterocycles. The van der Waals surface area contributed by atoms with Crippen LogP contribution in [0, 0.1) is 0 Å². The highest BCUT2D eigenvalue weighted by molar-refractivity contribution is 7.89. The van der Waals surface area contributed by atoms with E-state index in [1.807, 2.05) is 12.1 Å². The van der Waals surface area contributed by atoms with E-state index in [9.17, 15) is 8.42 Å². The Morgan fingerprint density at radius 1 is 1.07 bits per heavy atom. The molecule has 1 aliphatic heterocycles. The fourth-order valence-electron chi connectivity index (χ4n) is 3.20. The maximum atomic E-state index is 12.7. The number of benzene rings is 1. The molecule has 0 amide bonds. The van der Waals surface area contributed by atoms with Gasteiger partial charge in [-0.15, -0.1) is 5.10 Å². The van der Waals surface area contributed by atoms with Crippen LogP contribution in [0.4, 0.5) is 5.82 Å². The van der Waals surface area contributed by atoms with Crippen molar-refractivity contribution in [3.8, 4) is 5.69 Å². The summed E-state index contributed by atoms with van der Waals surface area (Å²) >= 11 is 0. The first-order valence-electron chi connectivity index (χ1n) is 9.15. The number of piperidine rings is 1. The van der Waals surface area contributed by atoms with Gasteiger partial charge in [0, 0.05) is 25.8 Å². The molecular weight excluding hydrogens is 378 g/mol. The van der Waals surface area contributed by atoms with Gasteiger partial charge in [-0.1, -0.05) is 6.07 Å². The Bertz CT molecular complexity index is 1030. The minimum atomic E-state index is -3.68. The third-order valence-corrected chi connectivity index (χ3v) is 6.10. The average Bonchev–Trinajstić information content (AvgIpc) is 3.28. The van der Waals surface area contributed by atoms with E-state index in [2.05, 4.69) is 30.1 Å². The van der Waals surface area contributed by atoms with Crippen LogP contribution in [0.5, 0.6) is 0 Å². The molecule has 0 saturated carbocycles. The van der Waals surface area contributed by atoms with E-state index in [0.29, 0.717) is 5.69 Å². The second kappa shape index (κ2) is 8.03. The lowest BCUT2D eigenvalue weighted by Gasteiger charge is -2.27. The highest BCUT2D eigenvalue weighted by atomic mass is 32.2. The normalized spacial score (nSPS) is 14.9. The molecular formula is C18H21N7O2S. The molecule has 0 aliphatic carbocycles. The van der Waals surface area contributed by atoms with Crippen LogP contribution in [0.15, 0.2) is 53.8 Å². The summed E-state index contributed by atoms with van der Waals surface area (Å²) in [5.74, 6) is 0.900. The maximum Gasteiger partial charge on any atom is 0.240 e. The van der Waals surface area contributed by atoms with Crippen LogP contribution in [0.25, 0.3) is 5.69 Å². The molecule has 1 N–H and O–H groups in total. The van der Waals surface area contributed by atoms with Gasteiger partial charge in [-0.25, -0.2) is 22.8 Å². The quantitative estimate of drug-likeness (QED) is 0.670. The average molecular weight is 399 g/mol. The second-order valence-corrected chi connectivity index (χ2v) is 8.41. The van der Waals surface area contributed by atoms with Crippen molar-refractivity contribution in [2.45, 2.75) is 30.7 Å². The SMILES string of the molecule is O=S(=O)(NCc1ccnc(N2CCCCC2)c1)c1cccc(-n2cnnn2)c1. The Hall–Kier alpha value is -2.85. The van der Waals surface area contributed by atoms with E-state index in [1.165, 1.54) is 23.5 Å². The fourth-order valence-corrected chi connectivity index (χ4v) is 4.26. The van der Waals surface area contributed by atoms with Crippen LogP contribution >= 0.6 is 0 Å². The first-order chi connectivity index (χ1) is 13.6. The molecule has 146 valence electrons. The van der Waals surface area contributed by atoms with Gasteiger partial charge in [-0.05, 0) is 65.6 Å². The third kappa shape index (κ3) is 4.18. The molecule has 1 aliphatic rings. The third-order valence-electron chi connectivity index (χ3n) is 4.70. The molecule has 28 heavy (non-hydrogen) atoms. The van der Waals surface area contributed by atoms with Crippen molar-refractivity contribution in [1.29, 1.82) is 0 Å². The van der Waals surface area contributed by atoms with Gasteiger partial charge in [0.05, 0.1) is 10.6 Å². The van der Waals surface area contributed by atoms with E-state index in [4.69, 9.17) is 0 Å². The zero-order valence-corrected chi connectivity index (χ0v) is 16.1. The number of nitrogens with zero attached hydrogens (tertiary/aromatic N) is 6. The van der Waals surface area contributed by atoms with Crippen LogP contribution in [0.3, 0.4) is 0 Å². The van der Waals surface area contributed by atoms with Crippen LogP contribution in [-0.2, 0) is 16.6 Å². The first kappa shape index (κ1) is 18.5. The lowest BCUT2D eigenvalue weighted by molar-refractivity contribution is 0.572. The molecule has 0 bridgehead atoms. The summed E-state index contributed by atoms with van der Waals surface area (Å²) in [7, 11) is -3.68. The Balaban J connectivity index is 1.48. The molecule has 0 radical (unpaired) electrons. The zero-order valence-electron chi connectivity index (χ0n) is 15.3. The summed E-state index contributed by atoms with van der Waals surface area (Å²) in [4.78, 5) is 6.84. The van der Waals surface area contributed by atoms with Gasteiger partial charge < -0.3 is 4.90 Å². The Kier molecular flexibility index (Phi) is 5.31. The molecule has 0 spiro atoms. The predicted octanol–water partition coefficient (Wildman–Crippen LogP) is 1.53. The number of pyridine rings is 1. The van der Waals surface area contributed by atoms with Gasteiger partial charge in [-0.2, -0.15) is 0 Å². The number of anilines is 1. The van der Waals surface area contributed by atoms with Gasteiger partial charge in [0.2, 0.25) is 10.0 Å². The molecule has 1 saturated heterocycles. The fraction of sp³-hybridized carbons (Fsp3) is 0.333. The van der Waals surface area contributed by atoms with E-state index in [0.717, 1.165) is 37.3 Å². The van der Waals surface area contributed by atoms with E-state index in [1.54, 1.807) is 24.4 Å². The number of aromatic nitrogens is 5. The highest BCUT2D eigenvalue weighted by Gasteiger charge is 2.16. The van der Waals surface area contributed by atoms with Gasteiger partial charge >= 0.3 is 0 Å². The summed E-state index contributed by atoms with van der Waals surface area (Å²) in [6, 6.07) is 10.3. The van der Waals surface area contributed by atoms with Gasteiger partial charge in [0.25, 0.3) is 0 Å². The van der Waals surface area contributed by atoms with Gasteiger partial charge in [0.15, 0.2) is 0 Å². The number of rotatable bonds is 6. The minimum absolute atomic E-state index is 0.158. The maximum absolute atomic E-state index is 12.7. The lowest BCUT2D eigenvalue weighted by atomic mass is 10.1. The summed E-state index contributed by atoms with van der Waals surface area (Å²) in [6.07, 6.45) is 6.72. The number of tetrazole rings is 1. The van der Waals surface area contributed by atoms with Crippen LogP contribution in [-0.4, -0.2) is 46.7 Å². The molecule has 0 atom stereocenters. The number of nitrogens with one attached hydrogen (secondary N) is 1. The first-order valence-corrected chi connectivity index (χ1v) is 10.6. The predicted molar refractivity (Wildman–Crippen MR) is 103 cm³/mol. The van der Waals surface area contributed by atoms with E-state index in [-0.39, 0.29) is 11.4 Å². The standard InChI is InChI=1S/C18H21N7O2S/c26-28(27,17-6-4-5-16(12-17)25-14-20-22-23-25)21-13-15-7-8-19-18(11-15)24-9-2-1-3-10-24/h4-8,11-12,14,21H,1-3,9-10,13H2. The number of hydrogen-bond donors (Lipinski definition) is 1. The van der Waals surface area contributed by atoms with Gasteiger partial charge in [-0.3, -0.25) is 0 Å². The number of hydrogen-bond acceptors (Lipinski definition) is 7. The zero-order chi connectivity index (χ0) is 19.4. The molecule has 10 heteroatoms. The van der Waals surface area contributed by atoms with Crippen LogP contribution < -0.4 is 9.62 Å². The largest absolute Gasteiger partial charge is 0.357 e. The molecule has 3 aromatic rings. The van der Waals surface area contributed by atoms with Crippen LogP contribution in [0.2, 0.25) is 0 Å². The van der Waals surface area contributed by atoms with Crippen molar-refractivity contribution in [1.82, 2.24) is 29.9 Å². The molecule has 1 fully saturated rings. The van der Waals surface area contributed by atoms with E-state index >= 15 is 0 Å². The molecule has 2 aromatic heterocycles. The molecule has 1 aromatic carbocycles. The van der Waals surface area contributed by atoms with Crippen molar-refractivity contribution in [3.63, 3.8) is 0 Å². The number of sulfonamides is 1. The Morgan fingerprint density at radius 2 is 1.93 bits per heavy atom. The molecule has 0 unspecified atom stereocenters. The Morgan fingerprint density at radius 3 is 2.71 bits per heavy atom. The summed E-state index contributed by atoms with van der Waals surface area (Å²) in [5.41, 5.74) is 1.44. The topological polar surface area (TPSA) is 106 Å². The monoisotopic (exact) mass is 399 g/mol. The van der Waals surface area contributed by atoms with Crippen molar-refractivity contribution in [2.75, 3.05) is 18.0 Å². The summed E-state index contributed by atoms with van der Waals surface area (Å²) in [5, 5.41) is 10.9. The smallest absolute Gasteiger partial charge is 0.240 e. The second-order valence-electron chi connectivity index (χ2n) is 6.65. The summed E-state index contributed by atoms with van der Waals surface area (Å²) in [6.45, 7) is 2.18. The van der Waals surface area contributed by atoms with E-state index < -0.39 is 10.0 Å². The van der Waals surface area contributed by atoms with Crippen molar-refractivity contribution in [2.24, 2.45) is 0 Å².